The maximum Gasteiger partial charge on any atom is 0.253 e. The molecule has 0 radical (unpaired) electrons. The number of nitrogens with zero attached hydrogens (tertiary/aromatic N) is 1. The SMILES string of the molecule is O=C(NC1COCC1N1CCCCC1)c1ccccc1Cl. The van der Waals surface area contributed by atoms with E-state index < -0.39 is 0 Å². The van der Waals surface area contributed by atoms with Crippen LogP contribution in [0.4, 0.5) is 0 Å². The second-order valence-electron chi connectivity index (χ2n) is 5.76. The molecule has 0 aromatic heterocycles. The van der Waals surface area contributed by atoms with Crippen LogP contribution in [-0.4, -0.2) is 49.2 Å². The third kappa shape index (κ3) is 3.39. The van der Waals surface area contributed by atoms with Gasteiger partial charge in [-0.1, -0.05) is 30.2 Å². The van der Waals surface area contributed by atoms with Crippen molar-refractivity contribution in [3.05, 3.63) is 34.9 Å². The third-order valence-electron chi connectivity index (χ3n) is 4.35. The van der Waals surface area contributed by atoms with Crippen molar-refractivity contribution in [1.29, 1.82) is 0 Å². The van der Waals surface area contributed by atoms with Gasteiger partial charge in [0, 0.05) is 0 Å². The smallest absolute Gasteiger partial charge is 0.253 e. The molecule has 114 valence electrons. The lowest BCUT2D eigenvalue weighted by molar-refractivity contribution is 0.0900. The zero-order valence-electron chi connectivity index (χ0n) is 12.1. The molecule has 4 nitrogen and oxygen atoms in total. The van der Waals surface area contributed by atoms with Gasteiger partial charge in [0.25, 0.3) is 5.91 Å². The van der Waals surface area contributed by atoms with E-state index in [0.29, 0.717) is 23.8 Å². The first kappa shape index (κ1) is 14.8. The Hall–Kier alpha value is -1.10. The molecule has 5 heteroatoms. The molecular weight excluding hydrogens is 288 g/mol. The van der Waals surface area contributed by atoms with Crippen LogP contribution in [0.25, 0.3) is 0 Å². The fourth-order valence-electron chi connectivity index (χ4n) is 3.18. The summed E-state index contributed by atoms with van der Waals surface area (Å²) in [5.74, 6) is -0.113. The number of carbonyl (C=O) groups is 1. The van der Waals surface area contributed by atoms with E-state index in [4.69, 9.17) is 16.3 Å². The molecule has 2 fully saturated rings. The molecule has 0 bridgehead atoms. The summed E-state index contributed by atoms with van der Waals surface area (Å²) < 4.78 is 5.60. The molecule has 0 spiro atoms. The van der Waals surface area contributed by atoms with Gasteiger partial charge in [0.1, 0.15) is 0 Å². The second kappa shape index (κ2) is 6.77. The van der Waals surface area contributed by atoms with E-state index in [2.05, 4.69) is 10.2 Å². The van der Waals surface area contributed by atoms with Crippen molar-refractivity contribution in [3.63, 3.8) is 0 Å². The van der Waals surface area contributed by atoms with Crippen LogP contribution in [0.15, 0.2) is 24.3 Å². The molecule has 0 aliphatic carbocycles. The van der Waals surface area contributed by atoms with Crippen LogP contribution < -0.4 is 5.32 Å². The first-order chi connectivity index (χ1) is 10.3. The molecule has 2 heterocycles. The molecule has 1 aromatic carbocycles. The van der Waals surface area contributed by atoms with Gasteiger partial charge in [0.15, 0.2) is 0 Å². The van der Waals surface area contributed by atoms with Gasteiger partial charge in [0.05, 0.1) is 35.9 Å². The third-order valence-corrected chi connectivity index (χ3v) is 4.67. The van der Waals surface area contributed by atoms with E-state index in [0.717, 1.165) is 13.1 Å². The number of hydrogen-bond donors (Lipinski definition) is 1. The van der Waals surface area contributed by atoms with E-state index >= 15 is 0 Å². The molecule has 21 heavy (non-hydrogen) atoms. The van der Waals surface area contributed by atoms with Crippen LogP contribution in [-0.2, 0) is 4.74 Å². The summed E-state index contributed by atoms with van der Waals surface area (Å²) in [6.45, 7) is 3.49. The quantitative estimate of drug-likeness (QED) is 0.932. The Labute approximate surface area is 130 Å². The fraction of sp³-hybridized carbons (Fsp3) is 0.562. The molecule has 0 saturated carbocycles. The van der Waals surface area contributed by atoms with Gasteiger partial charge in [-0.3, -0.25) is 9.69 Å². The number of ether oxygens (including phenoxy) is 1. The minimum Gasteiger partial charge on any atom is -0.378 e. The van der Waals surface area contributed by atoms with Gasteiger partial charge in [-0.2, -0.15) is 0 Å². The molecule has 1 aromatic rings. The number of hydrogen-bond acceptors (Lipinski definition) is 3. The zero-order valence-corrected chi connectivity index (χ0v) is 12.8. The molecule has 1 N–H and O–H groups in total. The number of amides is 1. The van der Waals surface area contributed by atoms with Crippen molar-refractivity contribution < 1.29 is 9.53 Å². The van der Waals surface area contributed by atoms with Crippen LogP contribution in [0.5, 0.6) is 0 Å². The Morgan fingerprint density at radius 3 is 2.71 bits per heavy atom. The maximum absolute atomic E-state index is 12.4. The van der Waals surface area contributed by atoms with Crippen molar-refractivity contribution in [2.24, 2.45) is 0 Å². The van der Waals surface area contributed by atoms with E-state index in [9.17, 15) is 4.79 Å². The van der Waals surface area contributed by atoms with Crippen molar-refractivity contribution >= 4 is 17.5 Å². The monoisotopic (exact) mass is 308 g/mol. The van der Waals surface area contributed by atoms with Crippen LogP contribution in [0.1, 0.15) is 29.6 Å². The summed E-state index contributed by atoms with van der Waals surface area (Å²) in [4.78, 5) is 14.8. The Morgan fingerprint density at radius 2 is 1.95 bits per heavy atom. The van der Waals surface area contributed by atoms with E-state index in [1.807, 2.05) is 12.1 Å². The van der Waals surface area contributed by atoms with Gasteiger partial charge in [-0.05, 0) is 38.1 Å². The van der Waals surface area contributed by atoms with E-state index in [-0.39, 0.29) is 18.0 Å². The number of halogens is 1. The van der Waals surface area contributed by atoms with E-state index in [1.54, 1.807) is 12.1 Å². The van der Waals surface area contributed by atoms with Gasteiger partial charge in [-0.15, -0.1) is 0 Å². The number of piperidine rings is 1. The molecule has 2 aliphatic heterocycles. The minimum absolute atomic E-state index is 0.0480. The highest BCUT2D eigenvalue weighted by atomic mass is 35.5. The minimum atomic E-state index is -0.113. The van der Waals surface area contributed by atoms with Gasteiger partial charge >= 0.3 is 0 Å². The number of benzene rings is 1. The summed E-state index contributed by atoms with van der Waals surface area (Å²) in [7, 11) is 0. The predicted molar refractivity (Wildman–Crippen MR) is 82.7 cm³/mol. The normalized spacial score (nSPS) is 26.7. The average Bonchev–Trinajstić information content (AvgIpc) is 2.96. The largest absolute Gasteiger partial charge is 0.378 e. The molecule has 2 aliphatic rings. The zero-order chi connectivity index (χ0) is 14.7. The molecule has 2 unspecified atom stereocenters. The van der Waals surface area contributed by atoms with E-state index in [1.165, 1.54) is 19.3 Å². The summed E-state index contributed by atoms with van der Waals surface area (Å²) in [6, 6.07) is 7.48. The highest BCUT2D eigenvalue weighted by molar-refractivity contribution is 6.33. The molecule has 2 saturated heterocycles. The lowest BCUT2D eigenvalue weighted by Crippen LogP contribution is -2.52. The van der Waals surface area contributed by atoms with Crippen molar-refractivity contribution in [2.45, 2.75) is 31.3 Å². The van der Waals surface area contributed by atoms with Gasteiger partial charge in [-0.25, -0.2) is 0 Å². The maximum atomic E-state index is 12.4. The summed E-state index contributed by atoms with van der Waals surface area (Å²) in [6.07, 6.45) is 3.78. The van der Waals surface area contributed by atoms with Crippen molar-refractivity contribution in [1.82, 2.24) is 10.2 Å². The van der Waals surface area contributed by atoms with Crippen LogP contribution >= 0.6 is 11.6 Å². The Kier molecular flexibility index (Phi) is 4.78. The highest BCUT2D eigenvalue weighted by Crippen LogP contribution is 2.20. The average molecular weight is 309 g/mol. The summed E-state index contributed by atoms with van der Waals surface area (Å²) in [5, 5.41) is 3.58. The van der Waals surface area contributed by atoms with Crippen LogP contribution in [0.3, 0.4) is 0 Å². The van der Waals surface area contributed by atoms with Crippen molar-refractivity contribution in [2.75, 3.05) is 26.3 Å². The first-order valence-electron chi connectivity index (χ1n) is 7.63. The summed E-state index contributed by atoms with van der Waals surface area (Å²) >= 11 is 6.09. The lowest BCUT2D eigenvalue weighted by atomic mass is 10.0. The summed E-state index contributed by atoms with van der Waals surface area (Å²) in [5.41, 5.74) is 0.531. The fourth-order valence-corrected chi connectivity index (χ4v) is 3.40. The highest BCUT2D eigenvalue weighted by Gasteiger charge is 2.34. The number of nitrogens with one attached hydrogen (secondary N) is 1. The van der Waals surface area contributed by atoms with Crippen LogP contribution in [0.2, 0.25) is 5.02 Å². The van der Waals surface area contributed by atoms with Gasteiger partial charge < -0.3 is 10.1 Å². The number of likely N-dealkylation sites (tertiary alicyclic amines) is 1. The van der Waals surface area contributed by atoms with Crippen molar-refractivity contribution in [3.8, 4) is 0 Å². The standard InChI is InChI=1S/C16H21ClN2O2/c17-13-7-3-2-6-12(13)16(20)18-14-10-21-11-15(14)19-8-4-1-5-9-19/h2-3,6-7,14-15H,1,4-5,8-11H2,(H,18,20). The Morgan fingerprint density at radius 1 is 1.19 bits per heavy atom. The van der Waals surface area contributed by atoms with Gasteiger partial charge in [0.2, 0.25) is 0 Å². The molecule has 3 rings (SSSR count). The predicted octanol–water partition coefficient (Wildman–Crippen LogP) is 2.32. The lowest BCUT2D eigenvalue weighted by Gasteiger charge is -2.34. The molecular formula is C16H21ClN2O2. The molecule has 1 amide bonds. The van der Waals surface area contributed by atoms with Crippen LogP contribution in [0, 0.1) is 0 Å². The topological polar surface area (TPSA) is 41.6 Å². The Balaban J connectivity index is 1.66. The Bertz CT molecular complexity index is 503. The molecule has 2 atom stereocenters. The second-order valence-corrected chi connectivity index (χ2v) is 6.17. The number of rotatable bonds is 3. The number of carbonyl (C=O) groups excluding carboxylic acids is 1. The first-order valence-corrected chi connectivity index (χ1v) is 8.00.